The van der Waals surface area contributed by atoms with Gasteiger partial charge in [0.1, 0.15) is 12.2 Å². The summed E-state index contributed by atoms with van der Waals surface area (Å²) in [7, 11) is -7.39. The van der Waals surface area contributed by atoms with Crippen molar-refractivity contribution in [2.24, 2.45) is 5.11 Å². The van der Waals surface area contributed by atoms with Crippen molar-refractivity contribution in [3.05, 3.63) is 43.5 Å². The summed E-state index contributed by atoms with van der Waals surface area (Å²) >= 11 is 0. The van der Waals surface area contributed by atoms with Crippen LogP contribution < -0.4 is 11.2 Å². The molecule has 1 N–H and O–H groups in total. The fourth-order valence-corrected chi connectivity index (χ4v) is 7.27. The molecule has 0 radical (unpaired) electrons. The lowest BCUT2D eigenvalue weighted by Crippen LogP contribution is -2.58. The van der Waals surface area contributed by atoms with E-state index in [4.69, 9.17) is 18.0 Å². The second-order valence-electron chi connectivity index (χ2n) is 15.8. The Morgan fingerprint density at radius 3 is 1.85 bits per heavy atom. The highest BCUT2D eigenvalue weighted by molar-refractivity contribution is 6.75. The van der Waals surface area contributed by atoms with Gasteiger partial charge in [0.25, 0.3) is 5.56 Å². The number of aromatic nitrogens is 2. The SMILES string of the molecule is CC(C)(C)[Si](C)(C)OC[C@@]1(N=[N+]=[N-])O[C@@H](n2ccc(=O)[nH]c2=O)[C@@H](O[Si](C)(C)C(C)(C)C)[C@@H]1O[Si](C)(C)C(C)(C)C. The first kappa shape index (κ1) is 35.7. The van der Waals surface area contributed by atoms with E-state index < -0.39 is 60.4 Å². The first-order valence-electron chi connectivity index (χ1n) is 14.3. The fourth-order valence-electron chi connectivity index (χ4n) is 3.68. The van der Waals surface area contributed by atoms with Crippen LogP contribution >= 0.6 is 0 Å². The minimum absolute atomic E-state index is 0.0706. The van der Waals surface area contributed by atoms with Crippen molar-refractivity contribution in [2.45, 2.75) is 141 Å². The lowest BCUT2D eigenvalue weighted by Gasteiger charge is -2.46. The number of hydrogen-bond donors (Lipinski definition) is 1. The smallest absolute Gasteiger partial charge is 0.330 e. The van der Waals surface area contributed by atoms with Gasteiger partial charge < -0.3 is 18.0 Å². The average molecular weight is 628 g/mol. The average Bonchev–Trinajstić information content (AvgIpc) is 3.03. The third-order valence-corrected chi connectivity index (χ3v) is 23.0. The van der Waals surface area contributed by atoms with E-state index in [2.05, 4.69) is 117 Å². The molecule has 4 atom stereocenters. The van der Waals surface area contributed by atoms with Crippen molar-refractivity contribution < 1.29 is 18.0 Å². The van der Waals surface area contributed by atoms with Crippen LogP contribution in [0.2, 0.25) is 54.4 Å². The van der Waals surface area contributed by atoms with Crippen molar-refractivity contribution >= 4 is 25.0 Å². The summed E-state index contributed by atoms with van der Waals surface area (Å²) in [4.78, 5) is 30.6. The van der Waals surface area contributed by atoms with Gasteiger partial charge in [-0.15, -0.1) is 0 Å². The summed E-state index contributed by atoms with van der Waals surface area (Å²) in [6.07, 6.45) is -1.38. The molecule has 0 aromatic carbocycles. The number of hydrogen-bond acceptors (Lipinski definition) is 7. The minimum Gasteiger partial charge on any atom is -0.414 e. The summed E-state index contributed by atoms with van der Waals surface area (Å²) < 4.78 is 28.7. The molecular formula is C27H53N5O6Si3. The molecule has 1 aliphatic rings. The lowest BCUT2D eigenvalue weighted by molar-refractivity contribution is -0.120. The van der Waals surface area contributed by atoms with Crippen LogP contribution in [0.25, 0.3) is 10.4 Å². The normalized spacial score (nSPS) is 24.8. The van der Waals surface area contributed by atoms with Gasteiger partial charge in [-0.05, 0) is 59.9 Å². The molecule has 1 aromatic heterocycles. The van der Waals surface area contributed by atoms with Gasteiger partial charge >= 0.3 is 5.69 Å². The number of ether oxygens (including phenoxy) is 1. The molecule has 0 amide bonds. The van der Waals surface area contributed by atoms with E-state index >= 15 is 0 Å². The molecule has 14 heteroatoms. The van der Waals surface area contributed by atoms with Gasteiger partial charge in [-0.1, -0.05) is 67.4 Å². The summed E-state index contributed by atoms with van der Waals surface area (Å²) in [5.41, 5.74) is 7.08. The van der Waals surface area contributed by atoms with Crippen LogP contribution in [0, 0.1) is 0 Å². The topological polar surface area (TPSA) is 141 Å². The molecule has 1 saturated heterocycles. The van der Waals surface area contributed by atoms with Crippen LogP contribution in [0.3, 0.4) is 0 Å². The summed E-state index contributed by atoms with van der Waals surface area (Å²) in [6, 6.07) is 1.26. The Labute approximate surface area is 248 Å². The summed E-state index contributed by atoms with van der Waals surface area (Å²) in [5, 5.41) is 3.76. The number of aromatic amines is 1. The van der Waals surface area contributed by atoms with Crippen molar-refractivity contribution in [3.63, 3.8) is 0 Å². The van der Waals surface area contributed by atoms with Crippen LogP contribution in [0.15, 0.2) is 27.0 Å². The van der Waals surface area contributed by atoms with E-state index in [1.165, 1.54) is 16.8 Å². The van der Waals surface area contributed by atoms with Gasteiger partial charge in [-0.2, -0.15) is 0 Å². The van der Waals surface area contributed by atoms with Crippen LogP contribution in [0.5, 0.6) is 0 Å². The van der Waals surface area contributed by atoms with Crippen LogP contribution in [-0.2, 0) is 18.0 Å². The predicted octanol–water partition coefficient (Wildman–Crippen LogP) is 6.87. The molecule has 0 unspecified atom stereocenters. The quantitative estimate of drug-likeness (QED) is 0.137. The molecule has 234 valence electrons. The van der Waals surface area contributed by atoms with Crippen molar-refractivity contribution in [3.8, 4) is 0 Å². The number of rotatable bonds is 9. The first-order valence-corrected chi connectivity index (χ1v) is 23.0. The Morgan fingerprint density at radius 2 is 1.41 bits per heavy atom. The van der Waals surface area contributed by atoms with Gasteiger partial charge in [0.2, 0.25) is 0 Å². The minimum atomic E-state index is -2.53. The molecular weight excluding hydrogens is 575 g/mol. The summed E-state index contributed by atoms with van der Waals surface area (Å²) in [5.74, 6) is 0. The Hall–Kier alpha value is -1.52. The Morgan fingerprint density at radius 1 is 0.927 bits per heavy atom. The third-order valence-electron chi connectivity index (χ3n) is 9.60. The van der Waals surface area contributed by atoms with E-state index in [0.717, 1.165) is 0 Å². The van der Waals surface area contributed by atoms with Crippen LogP contribution in [0.4, 0.5) is 0 Å². The van der Waals surface area contributed by atoms with Crippen LogP contribution in [-0.4, -0.2) is 59.0 Å². The van der Waals surface area contributed by atoms with Gasteiger partial charge in [0.05, 0.1) is 6.61 Å². The maximum atomic E-state index is 13.1. The fraction of sp³-hybridized carbons (Fsp3) is 0.852. The molecule has 0 saturated carbocycles. The van der Waals surface area contributed by atoms with Gasteiger partial charge in [-0.3, -0.25) is 14.3 Å². The van der Waals surface area contributed by atoms with Crippen molar-refractivity contribution in [1.29, 1.82) is 0 Å². The van der Waals surface area contributed by atoms with Gasteiger partial charge in [0.15, 0.2) is 36.9 Å². The van der Waals surface area contributed by atoms with Gasteiger partial charge in [-0.25, -0.2) is 4.79 Å². The molecule has 11 nitrogen and oxygen atoms in total. The highest BCUT2D eigenvalue weighted by Gasteiger charge is 2.62. The second-order valence-corrected chi connectivity index (χ2v) is 30.1. The van der Waals surface area contributed by atoms with Crippen molar-refractivity contribution in [1.82, 2.24) is 9.55 Å². The third kappa shape index (κ3) is 7.53. The standard InChI is InChI=1S/C27H53N5O6Si3/c1-24(2,3)39(10,11)35-18-27(30-31-28)21(38-41(14,15)26(7,8)9)20(37-40(12,13)25(4,5)6)22(36-27)32-17-16-19(33)29-23(32)34/h16-17,20-22H,18H2,1-15H3,(H,29,33,34)/t20-,21-,22+,27+/m0/s1. The van der Waals surface area contributed by atoms with E-state index in [0.29, 0.717) is 0 Å². The Balaban J connectivity index is 2.89. The zero-order chi connectivity index (χ0) is 32.0. The maximum Gasteiger partial charge on any atom is 0.330 e. The predicted molar refractivity (Wildman–Crippen MR) is 171 cm³/mol. The van der Waals surface area contributed by atoms with E-state index in [1.807, 2.05) is 0 Å². The zero-order valence-corrected chi connectivity index (χ0v) is 30.8. The molecule has 2 heterocycles. The molecule has 0 bridgehead atoms. The molecule has 41 heavy (non-hydrogen) atoms. The largest absolute Gasteiger partial charge is 0.414 e. The van der Waals surface area contributed by atoms with Crippen molar-refractivity contribution in [2.75, 3.05) is 6.61 Å². The number of nitrogens with zero attached hydrogens (tertiary/aromatic N) is 4. The van der Waals surface area contributed by atoms with Crippen LogP contribution in [0.1, 0.15) is 68.5 Å². The number of nitrogens with one attached hydrogen (secondary N) is 1. The molecule has 1 aromatic rings. The van der Waals surface area contributed by atoms with E-state index in [9.17, 15) is 15.1 Å². The monoisotopic (exact) mass is 627 g/mol. The Kier molecular flexibility index (Phi) is 10.0. The van der Waals surface area contributed by atoms with Gasteiger partial charge in [0, 0.05) is 17.2 Å². The molecule has 1 fully saturated rings. The van der Waals surface area contributed by atoms with E-state index in [1.54, 1.807) is 0 Å². The number of azide groups is 1. The Bertz CT molecular complexity index is 1250. The molecule has 0 aliphatic carbocycles. The molecule has 0 spiro atoms. The first-order chi connectivity index (χ1) is 18.2. The van der Waals surface area contributed by atoms with E-state index in [-0.39, 0.29) is 21.7 Å². The molecule has 2 rings (SSSR count). The summed E-state index contributed by atoms with van der Waals surface area (Å²) in [6.45, 7) is 31.8. The highest BCUT2D eigenvalue weighted by atomic mass is 28.4. The second kappa shape index (κ2) is 11.5. The lowest BCUT2D eigenvalue weighted by atomic mass is 10.1. The maximum absolute atomic E-state index is 13.1. The highest BCUT2D eigenvalue weighted by Crippen LogP contribution is 2.50. The molecule has 1 aliphatic heterocycles. The number of H-pyrrole nitrogens is 1. The zero-order valence-electron chi connectivity index (χ0n) is 27.8.